The number of hydrogen-bond donors (Lipinski definition) is 0. The summed E-state index contributed by atoms with van der Waals surface area (Å²) in [7, 11) is 1.83. The number of fused-ring (bicyclic) bond motifs is 1. The van der Waals surface area contributed by atoms with Crippen LogP contribution in [0.2, 0.25) is 0 Å². The van der Waals surface area contributed by atoms with E-state index in [2.05, 4.69) is 11.1 Å². The Bertz CT molecular complexity index is 586. The largest absolute Gasteiger partial charge is 0.368 e. The van der Waals surface area contributed by atoms with Gasteiger partial charge in [-0.05, 0) is 31.9 Å². The van der Waals surface area contributed by atoms with E-state index >= 15 is 0 Å². The molecule has 5 heteroatoms. The Balaban J connectivity index is 1.80. The molecule has 20 heavy (non-hydrogen) atoms. The van der Waals surface area contributed by atoms with E-state index < -0.39 is 0 Å². The Hall–Kier alpha value is -1.46. The van der Waals surface area contributed by atoms with Crippen molar-refractivity contribution in [2.24, 2.45) is 0 Å². The maximum Gasteiger partial charge on any atom is 0.252 e. The summed E-state index contributed by atoms with van der Waals surface area (Å²) in [6, 6.07) is 8.03. The molecule has 0 radical (unpaired) electrons. The average molecular weight is 290 g/mol. The molecule has 0 unspecified atom stereocenters. The van der Waals surface area contributed by atoms with Crippen LogP contribution >= 0.6 is 11.3 Å². The highest BCUT2D eigenvalue weighted by Crippen LogP contribution is 2.29. The first-order valence-electron chi connectivity index (χ1n) is 6.90. The number of carbonyl (C=O) groups excluding carboxylic acids is 1. The van der Waals surface area contributed by atoms with Crippen LogP contribution in [0.4, 0.5) is 0 Å². The Kier molecular flexibility index (Phi) is 3.72. The molecule has 0 spiro atoms. The Morgan fingerprint density at radius 1 is 1.50 bits per heavy atom. The highest BCUT2D eigenvalue weighted by atomic mass is 32.1. The van der Waals surface area contributed by atoms with Crippen LogP contribution in [-0.4, -0.2) is 35.5 Å². The monoisotopic (exact) mass is 290 g/mol. The van der Waals surface area contributed by atoms with Gasteiger partial charge in [0.05, 0.1) is 16.3 Å². The smallest absolute Gasteiger partial charge is 0.252 e. The number of carbonyl (C=O) groups is 1. The van der Waals surface area contributed by atoms with E-state index in [1.54, 1.807) is 16.2 Å². The van der Waals surface area contributed by atoms with Crippen molar-refractivity contribution in [1.29, 1.82) is 0 Å². The van der Waals surface area contributed by atoms with Crippen LogP contribution in [0.15, 0.2) is 24.3 Å². The van der Waals surface area contributed by atoms with Crippen molar-refractivity contribution in [2.45, 2.75) is 31.9 Å². The molecule has 1 fully saturated rings. The molecule has 4 nitrogen and oxygen atoms in total. The van der Waals surface area contributed by atoms with Gasteiger partial charge in [0.25, 0.3) is 5.91 Å². The van der Waals surface area contributed by atoms with E-state index in [1.807, 2.05) is 32.2 Å². The summed E-state index contributed by atoms with van der Waals surface area (Å²) in [6.45, 7) is 2.71. The first-order chi connectivity index (χ1) is 9.66. The highest BCUT2D eigenvalue weighted by molar-refractivity contribution is 7.18. The van der Waals surface area contributed by atoms with Gasteiger partial charge in [-0.2, -0.15) is 0 Å². The summed E-state index contributed by atoms with van der Waals surface area (Å²) < 4.78 is 6.63. The van der Waals surface area contributed by atoms with Crippen molar-refractivity contribution in [3.8, 4) is 0 Å². The van der Waals surface area contributed by atoms with Crippen LogP contribution in [0.1, 0.15) is 30.8 Å². The SMILES string of the molecule is C[C@@H](c1nc2ccccc2s1)N(C)C(=O)[C@H]1CCCO1. The standard InChI is InChI=1S/C15H18N2O2S/c1-10(17(2)15(18)12-7-5-9-19-12)14-16-11-6-3-4-8-13(11)20-14/h3-4,6,8,10,12H,5,7,9H2,1-2H3/t10-,12+/m0/s1. The number of aromatic nitrogens is 1. The van der Waals surface area contributed by atoms with E-state index in [9.17, 15) is 4.79 Å². The topological polar surface area (TPSA) is 42.4 Å². The number of rotatable bonds is 3. The Labute approximate surface area is 122 Å². The summed E-state index contributed by atoms with van der Waals surface area (Å²) in [5, 5.41) is 0.972. The number of amides is 1. The number of ether oxygens (including phenoxy) is 1. The summed E-state index contributed by atoms with van der Waals surface area (Å²) in [5.74, 6) is 0.0641. The third-order valence-electron chi connectivity index (χ3n) is 3.80. The lowest BCUT2D eigenvalue weighted by Gasteiger charge is -2.25. The van der Waals surface area contributed by atoms with Gasteiger partial charge >= 0.3 is 0 Å². The van der Waals surface area contributed by atoms with E-state index in [1.165, 1.54) is 0 Å². The zero-order valence-corrected chi connectivity index (χ0v) is 12.5. The number of benzene rings is 1. The molecule has 0 saturated carbocycles. The minimum Gasteiger partial charge on any atom is -0.368 e. The molecular weight excluding hydrogens is 272 g/mol. The van der Waals surface area contributed by atoms with Crippen LogP contribution < -0.4 is 0 Å². The van der Waals surface area contributed by atoms with Gasteiger partial charge in [0.2, 0.25) is 0 Å². The lowest BCUT2D eigenvalue weighted by atomic mass is 10.2. The Morgan fingerprint density at radius 2 is 2.30 bits per heavy atom. The molecule has 1 saturated heterocycles. The average Bonchev–Trinajstić information content (AvgIpc) is 3.13. The van der Waals surface area contributed by atoms with Gasteiger partial charge in [0, 0.05) is 13.7 Å². The third kappa shape index (κ3) is 2.43. The van der Waals surface area contributed by atoms with Gasteiger partial charge in [-0.15, -0.1) is 11.3 Å². The quantitative estimate of drug-likeness (QED) is 0.872. The number of nitrogens with zero attached hydrogens (tertiary/aromatic N) is 2. The summed E-state index contributed by atoms with van der Waals surface area (Å²) in [4.78, 5) is 18.7. The second-order valence-corrected chi connectivity index (χ2v) is 6.21. The zero-order chi connectivity index (χ0) is 14.1. The summed E-state index contributed by atoms with van der Waals surface area (Å²) in [6.07, 6.45) is 1.53. The van der Waals surface area contributed by atoms with Gasteiger partial charge in [0.1, 0.15) is 11.1 Å². The van der Waals surface area contributed by atoms with Gasteiger partial charge in [-0.1, -0.05) is 12.1 Å². The van der Waals surface area contributed by atoms with Crippen molar-refractivity contribution in [3.05, 3.63) is 29.3 Å². The third-order valence-corrected chi connectivity index (χ3v) is 5.01. The van der Waals surface area contributed by atoms with Crippen LogP contribution in [-0.2, 0) is 9.53 Å². The molecule has 1 aromatic heterocycles. The van der Waals surface area contributed by atoms with Crippen molar-refractivity contribution >= 4 is 27.5 Å². The van der Waals surface area contributed by atoms with Crippen molar-refractivity contribution in [1.82, 2.24) is 9.88 Å². The second kappa shape index (κ2) is 5.50. The second-order valence-electron chi connectivity index (χ2n) is 5.15. The first-order valence-corrected chi connectivity index (χ1v) is 7.72. The van der Waals surface area contributed by atoms with Crippen LogP contribution in [0.25, 0.3) is 10.2 Å². The maximum absolute atomic E-state index is 12.4. The van der Waals surface area contributed by atoms with E-state index in [-0.39, 0.29) is 18.1 Å². The molecule has 0 N–H and O–H groups in total. The predicted molar refractivity (Wildman–Crippen MR) is 79.8 cm³/mol. The fourth-order valence-electron chi connectivity index (χ4n) is 2.42. The van der Waals surface area contributed by atoms with Crippen molar-refractivity contribution in [3.63, 3.8) is 0 Å². The molecule has 106 valence electrons. The molecule has 3 rings (SSSR count). The molecule has 2 heterocycles. The number of para-hydroxylation sites is 1. The molecule has 0 aliphatic carbocycles. The van der Waals surface area contributed by atoms with Crippen LogP contribution in [0.3, 0.4) is 0 Å². The minimum absolute atomic E-state index is 0.0240. The predicted octanol–water partition coefficient (Wildman–Crippen LogP) is 2.99. The molecule has 0 bridgehead atoms. The molecule has 1 aromatic carbocycles. The normalized spacial score (nSPS) is 20.2. The molecule has 1 aliphatic rings. The maximum atomic E-state index is 12.4. The fourth-order valence-corrected chi connectivity index (χ4v) is 3.49. The van der Waals surface area contributed by atoms with Gasteiger partial charge in [-0.25, -0.2) is 4.98 Å². The fraction of sp³-hybridized carbons (Fsp3) is 0.467. The highest BCUT2D eigenvalue weighted by Gasteiger charge is 2.30. The first kappa shape index (κ1) is 13.5. The van der Waals surface area contributed by atoms with Crippen molar-refractivity contribution in [2.75, 3.05) is 13.7 Å². The van der Waals surface area contributed by atoms with Gasteiger partial charge in [-0.3, -0.25) is 4.79 Å². The number of hydrogen-bond acceptors (Lipinski definition) is 4. The molecule has 2 aromatic rings. The van der Waals surface area contributed by atoms with E-state index in [4.69, 9.17) is 4.74 Å². The zero-order valence-electron chi connectivity index (χ0n) is 11.7. The van der Waals surface area contributed by atoms with Gasteiger partial charge in [0.15, 0.2) is 0 Å². The lowest BCUT2D eigenvalue weighted by Crippen LogP contribution is -2.37. The Morgan fingerprint density at radius 3 is 3.00 bits per heavy atom. The molecule has 1 amide bonds. The van der Waals surface area contributed by atoms with E-state index in [0.29, 0.717) is 6.61 Å². The molecule has 2 atom stereocenters. The minimum atomic E-state index is -0.267. The van der Waals surface area contributed by atoms with E-state index in [0.717, 1.165) is 28.1 Å². The van der Waals surface area contributed by atoms with Crippen LogP contribution in [0, 0.1) is 0 Å². The lowest BCUT2D eigenvalue weighted by molar-refractivity contribution is -0.141. The van der Waals surface area contributed by atoms with Crippen molar-refractivity contribution < 1.29 is 9.53 Å². The van der Waals surface area contributed by atoms with Crippen LogP contribution in [0.5, 0.6) is 0 Å². The summed E-state index contributed by atoms with van der Waals surface area (Å²) in [5.41, 5.74) is 0.998. The molecule has 1 aliphatic heterocycles. The number of likely N-dealkylation sites (N-methyl/N-ethyl adjacent to an activating group) is 1. The number of thiazole rings is 1. The summed E-state index contributed by atoms with van der Waals surface area (Å²) >= 11 is 1.65. The molecular formula is C15H18N2O2S. The van der Waals surface area contributed by atoms with Gasteiger partial charge < -0.3 is 9.64 Å².